The van der Waals surface area contributed by atoms with Crippen molar-refractivity contribution in [2.45, 2.75) is 13.3 Å². The van der Waals surface area contributed by atoms with Crippen molar-refractivity contribution in [1.29, 1.82) is 0 Å². The summed E-state index contributed by atoms with van der Waals surface area (Å²) in [5.74, 6) is 0.161. The molecule has 0 heterocycles. The van der Waals surface area contributed by atoms with Gasteiger partial charge in [0.25, 0.3) is 5.91 Å². The van der Waals surface area contributed by atoms with Crippen molar-refractivity contribution in [3.05, 3.63) is 59.7 Å². The molecule has 0 bridgehead atoms. The van der Waals surface area contributed by atoms with Crippen LogP contribution < -0.4 is 11.1 Å². The summed E-state index contributed by atoms with van der Waals surface area (Å²) in [4.78, 5) is 16.6. The van der Waals surface area contributed by atoms with Crippen molar-refractivity contribution >= 4 is 34.7 Å². The number of aliphatic imine (C=N–C) groups is 1. The molecule has 0 aliphatic rings. The first-order valence-electron chi connectivity index (χ1n) is 7.02. The minimum atomic E-state index is -0.231. The van der Waals surface area contributed by atoms with Crippen LogP contribution in [0.4, 0.5) is 11.4 Å². The van der Waals surface area contributed by atoms with Crippen LogP contribution >= 0.6 is 11.6 Å². The molecule has 0 unspecified atom stereocenters. The largest absolute Gasteiger partial charge is 0.386 e. The van der Waals surface area contributed by atoms with E-state index < -0.39 is 0 Å². The van der Waals surface area contributed by atoms with Crippen LogP contribution in [0.5, 0.6) is 0 Å². The summed E-state index contributed by atoms with van der Waals surface area (Å²) in [5.41, 5.74) is 8.56. The number of para-hydroxylation sites is 1. The lowest BCUT2D eigenvalue weighted by Crippen LogP contribution is -2.15. The third-order valence-corrected chi connectivity index (χ3v) is 3.44. The fraction of sp³-hybridized carbons (Fsp3) is 0.176. The maximum absolute atomic E-state index is 12.4. The van der Waals surface area contributed by atoms with Crippen molar-refractivity contribution in [2.24, 2.45) is 10.7 Å². The zero-order valence-corrected chi connectivity index (χ0v) is 13.1. The van der Waals surface area contributed by atoms with Gasteiger partial charge in [0.15, 0.2) is 0 Å². The highest BCUT2D eigenvalue weighted by Crippen LogP contribution is 2.20. The first-order chi connectivity index (χ1) is 10.6. The van der Waals surface area contributed by atoms with Crippen molar-refractivity contribution < 1.29 is 4.79 Å². The summed E-state index contributed by atoms with van der Waals surface area (Å²) < 4.78 is 0. The number of amides is 1. The Morgan fingerprint density at radius 1 is 1.18 bits per heavy atom. The fourth-order valence-electron chi connectivity index (χ4n) is 1.97. The molecule has 2 aromatic carbocycles. The highest BCUT2D eigenvalue weighted by atomic mass is 35.5. The van der Waals surface area contributed by atoms with E-state index in [9.17, 15) is 4.79 Å². The molecule has 0 aromatic heterocycles. The number of nitrogens with one attached hydrogen (secondary N) is 1. The van der Waals surface area contributed by atoms with Gasteiger partial charge in [-0.25, -0.2) is 4.99 Å². The first kappa shape index (κ1) is 16.0. The Hall–Kier alpha value is -2.33. The lowest BCUT2D eigenvalue weighted by atomic mass is 10.1. The second kappa shape index (κ2) is 7.61. The average Bonchev–Trinajstić information content (AvgIpc) is 2.55. The molecule has 0 fully saturated rings. The number of nitrogens with two attached hydrogens (primary N) is 1. The van der Waals surface area contributed by atoms with E-state index in [0.29, 0.717) is 11.3 Å². The van der Waals surface area contributed by atoms with E-state index in [1.807, 2.05) is 24.3 Å². The van der Waals surface area contributed by atoms with Crippen LogP contribution in [-0.4, -0.2) is 17.6 Å². The second-order valence-corrected chi connectivity index (χ2v) is 5.03. The number of benzene rings is 2. The van der Waals surface area contributed by atoms with Gasteiger partial charge in [-0.3, -0.25) is 4.79 Å². The van der Waals surface area contributed by atoms with Crippen LogP contribution in [0, 0.1) is 0 Å². The molecule has 0 radical (unpaired) electrons. The zero-order chi connectivity index (χ0) is 15.9. The number of aryl methyl sites for hydroxylation is 1. The Balaban J connectivity index is 2.22. The Kier molecular flexibility index (Phi) is 5.55. The molecule has 0 spiro atoms. The van der Waals surface area contributed by atoms with Crippen LogP contribution in [0.15, 0.2) is 53.5 Å². The molecule has 0 atom stereocenters. The number of nitrogens with zero attached hydrogens (tertiary/aromatic N) is 1. The van der Waals surface area contributed by atoms with Gasteiger partial charge < -0.3 is 11.1 Å². The quantitative estimate of drug-likeness (QED) is 0.501. The first-order valence-corrected chi connectivity index (χ1v) is 7.55. The van der Waals surface area contributed by atoms with E-state index in [4.69, 9.17) is 17.3 Å². The van der Waals surface area contributed by atoms with E-state index in [1.54, 1.807) is 24.3 Å². The molecule has 0 aliphatic carbocycles. The topological polar surface area (TPSA) is 67.5 Å². The maximum atomic E-state index is 12.4. The highest BCUT2D eigenvalue weighted by molar-refractivity contribution is 6.28. The van der Waals surface area contributed by atoms with E-state index in [-0.39, 0.29) is 17.6 Å². The van der Waals surface area contributed by atoms with E-state index in [0.717, 1.165) is 12.1 Å². The summed E-state index contributed by atoms with van der Waals surface area (Å²) in [7, 11) is 0. The van der Waals surface area contributed by atoms with Gasteiger partial charge in [0.2, 0.25) is 0 Å². The molecule has 114 valence electrons. The number of halogens is 1. The van der Waals surface area contributed by atoms with Gasteiger partial charge in [-0.05, 0) is 36.2 Å². The van der Waals surface area contributed by atoms with Crippen LogP contribution in [0.2, 0.25) is 0 Å². The van der Waals surface area contributed by atoms with Crippen molar-refractivity contribution in [1.82, 2.24) is 0 Å². The van der Waals surface area contributed by atoms with Crippen molar-refractivity contribution in [3.63, 3.8) is 0 Å². The number of amidine groups is 1. The third-order valence-electron chi connectivity index (χ3n) is 3.17. The number of carbonyl (C=O) groups is 1. The molecule has 3 N–H and O–H groups in total. The van der Waals surface area contributed by atoms with Gasteiger partial charge in [0.1, 0.15) is 5.84 Å². The predicted molar refractivity (Wildman–Crippen MR) is 92.2 cm³/mol. The second-order valence-electron chi connectivity index (χ2n) is 4.76. The number of anilines is 1. The summed E-state index contributed by atoms with van der Waals surface area (Å²) in [6.45, 7) is 2.09. The molecule has 1 amide bonds. The fourth-order valence-corrected chi connectivity index (χ4v) is 2.03. The molecule has 2 aromatic rings. The molecular weight excluding hydrogens is 298 g/mol. The van der Waals surface area contributed by atoms with Gasteiger partial charge in [-0.2, -0.15) is 0 Å². The summed E-state index contributed by atoms with van der Waals surface area (Å²) in [6.07, 6.45) is 0.962. The maximum Gasteiger partial charge on any atom is 0.257 e. The minimum absolute atomic E-state index is 0.119. The standard InChI is InChI=1S/C17H18ClN3O/c1-2-12-7-9-13(10-8-12)20-17(22)14-5-3-4-6-15(14)21-16(19)11-18/h3-10H,2,11H2,1H3,(H2,19,21)(H,20,22). The molecule has 0 saturated heterocycles. The number of hydrogen-bond donors (Lipinski definition) is 2. The minimum Gasteiger partial charge on any atom is -0.386 e. The molecule has 0 saturated carbocycles. The van der Waals surface area contributed by atoms with Crippen LogP contribution in [0.25, 0.3) is 0 Å². The monoisotopic (exact) mass is 315 g/mol. The van der Waals surface area contributed by atoms with E-state index in [2.05, 4.69) is 17.2 Å². The van der Waals surface area contributed by atoms with Crippen molar-refractivity contribution in [3.8, 4) is 0 Å². The Morgan fingerprint density at radius 2 is 1.86 bits per heavy atom. The Labute approximate surface area is 135 Å². The van der Waals surface area contributed by atoms with Gasteiger partial charge in [0.05, 0.1) is 17.1 Å². The molecule has 5 heteroatoms. The van der Waals surface area contributed by atoms with Crippen LogP contribution in [0.1, 0.15) is 22.8 Å². The summed E-state index contributed by atoms with van der Waals surface area (Å²) in [5, 5.41) is 2.86. The summed E-state index contributed by atoms with van der Waals surface area (Å²) >= 11 is 5.64. The number of alkyl halides is 1. The van der Waals surface area contributed by atoms with Crippen LogP contribution in [0.3, 0.4) is 0 Å². The average molecular weight is 316 g/mol. The van der Waals surface area contributed by atoms with Gasteiger partial charge >= 0.3 is 0 Å². The predicted octanol–water partition coefficient (Wildman–Crippen LogP) is 3.73. The van der Waals surface area contributed by atoms with Gasteiger partial charge in [-0.1, -0.05) is 31.2 Å². The zero-order valence-electron chi connectivity index (χ0n) is 12.3. The number of carbonyl (C=O) groups excluding carboxylic acids is 1. The van der Waals surface area contributed by atoms with E-state index >= 15 is 0 Å². The molecule has 22 heavy (non-hydrogen) atoms. The molecule has 4 nitrogen and oxygen atoms in total. The number of rotatable bonds is 5. The Bertz CT molecular complexity index is 681. The molecule has 2 rings (SSSR count). The number of hydrogen-bond acceptors (Lipinski definition) is 2. The third kappa shape index (κ3) is 4.09. The van der Waals surface area contributed by atoms with Crippen molar-refractivity contribution in [2.75, 3.05) is 11.2 Å². The van der Waals surface area contributed by atoms with E-state index in [1.165, 1.54) is 5.56 Å². The lowest BCUT2D eigenvalue weighted by Gasteiger charge is -2.08. The smallest absolute Gasteiger partial charge is 0.257 e. The molecule has 0 aliphatic heterocycles. The normalized spacial score (nSPS) is 11.3. The highest BCUT2D eigenvalue weighted by Gasteiger charge is 2.11. The van der Waals surface area contributed by atoms with Gasteiger partial charge in [-0.15, -0.1) is 11.6 Å². The van der Waals surface area contributed by atoms with Gasteiger partial charge in [0, 0.05) is 5.69 Å². The SMILES string of the molecule is CCc1ccc(NC(=O)c2ccccc2N=C(N)CCl)cc1. The Morgan fingerprint density at radius 3 is 2.50 bits per heavy atom. The van der Waals surface area contributed by atoms with Crippen LogP contribution in [-0.2, 0) is 6.42 Å². The lowest BCUT2D eigenvalue weighted by molar-refractivity contribution is 0.102. The molecular formula is C17H18ClN3O. The summed E-state index contributed by atoms with van der Waals surface area (Å²) in [6, 6.07) is 14.8.